The van der Waals surface area contributed by atoms with Gasteiger partial charge in [-0.05, 0) is 50.2 Å². The standard InChI is InChI=1S/C40H29N3/c1-40(2)34-22-10-9-19-33(34)36-32-21-12-20-30(31(32)23-24-35(36)40)28-17-11-18-29(25-28)39-42-37(26-13-5-3-6-14-26)41-38(43-39)27-15-7-4-8-16-27/h3-25H,1-2H3. The summed E-state index contributed by atoms with van der Waals surface area (Å²) in [6.45, 7) is 4.66. The van der Waals surface area contributed by atoms with Crippen LogP contribution in [0.15, 0.2) is 140 Å². The van der Waals surface area contributed by atoms with E-state index in [-0.39, 0.29) is 5.41 Å². The van der Waals surface area contributed by atoms with Crippen molar-refractivity contribution < 1.29 is 0 Å². The first-order valence-corrected chi connectivity index (χ1v) is 14.7. The minimum atomic E-state index is -0.0261. The highest BCUT2D eigenvalue weighted by Gasteiger charge is 2.36. The number of hydrogen-bond acceptors (Lipinski definition) is 3. The van der Waals surface area contributed by atoms with Crippen LogP contribution in [-0.4, -0.2) is 15.0 Å². The fourth-order valence-electron chi connectivity index (χ4n) is 6.58. The van der Waals surface area contributed by atoms with Crippen LogP contribution >= 0.6 is 0 Å². The van der Waals surface area contributed by atoms with Crippen LogP contribution in [0.4, 0.5) is 0 Å². The number of hydrogen-bond donors (Lipinski definition) is 0. The van der Waals surface area contributed by atoms with Crippen LogP contribution in [0, 0.1) is 0 Å². The van der Waals surface area contributed by atoms with E-state index >= 15 is 0 Å². The zero-order valence-electron chi connectivity index (χ0n) is 24.1. The number of aromatic nitrogens is 3. The Morgan fingerprint density at radius 1 is 0.395 bits per heavy atom. The van der Waals surface area contributed by atoms with Crippen LogP contribution in [0.5, 0.6) is 0 Å². The van der Waals surface area contributed by atoms with Gasteiger partial charge in [-0.3, -0.25) is 0 Å². The number of fused-ring (bicyclic) bond motifs is 5. The summed E-state index contributed by atoms with van der Waals surface area (Å²) in [5.41, 5.74) is 10.7. The van der Waals surface area contributed by atoms with Gasteiger partial charge < -0.3 is 0 Å². The third kappa shape index (κ3) is 4.16. The molecule has 3 heteroatoms. The summed E-state index contributed by atoms with van der Waals surface area (Å²) in [5.74, 6) is 1.99. The fraction of sp³-hybridized carbons (Fsp3) is 0.0750. The van der Waals surface area contributed by atoms with Gasteiger partial charge in [0.1, 0.15) is 0 Å². The zero-order valence-corrected chi connectivity index (χ0v) is 24.1. The lowest BCUT2D eigenvalue weighted by Crippen LogP contribution is -2.14. The lowest BCUT2D eigenvalue weighted by Gasteiger charge is -2.21. The highest BCUT2D eigenvalue weighted by molar-refractivity contribution is 6.08. The first-order valence-electron chi connectivity index (χ1n) is 14.7. The molecule has 0 atom stereocenters. The van der Waals surface area contributed by atoms with E-state index in [2.05, 4.69) is 92.7 Å². The molecule has 0 bridgehead atoms. The Hall–Kier alpha value is -5.41. The third-order valence-electron chi connectivity index (χ3n) is 8.74. The molecular formula is C40H29N3. The maximum absolute atomic E-state index is 4.96. The predicted molar refractivity (Wildman–Crippen MR) is 177 cm³/mol. The molecule has 3 nitrogen and oxygen atoms in total. The van der Waals surface area contributed by atoms with Crippen molar-refractivity contribution in [3.8, 4) is 56.4 Å². The second-order valence-electron chi connectivity index (χ2n) is 11.7. The van der Waals surface area contributed by atoms with Gasteiger partial charge in [-0.25, -0.2) is 15.0 Å². The molecule has 0 aliphatic heterocycles. The number of rotatable bonds is 4. The topological polar surface area (TPSA) is 38.7 Å². The fourth-order valence-corrected chi connectivity index (χ4v) is 6.58. The molecule has 1 aliphatic carbocycles. The molecule has 7 aromatic rings. The van der Waals surface area contributed by atoms with Crippen molar-refractivity contribution >= 4 is 10.8 Å². The van der Waals surface area contributed by atoms with Gasteiger partial charge in [0.05, 0.1) is 0 Å². The molecule has 0 radical (unpaired) electrons. The molecule has 8 rings (SSSR count). The average Bonchev–Trinajstić information content (AvgIpc) is 3.31. The van der Waals surface area contributed by atoms with Crippen LogP contribution < -0.4 is 0 Å². The molecule has 0 amide bonds. The van der Waals surface area contributed by atoms with Gasteiger partial charge in [0.15, 0.2) is 17.5 Å². The first kappa shape index (κ1) is 25.3. The Balaban J connectivity index is 1.29. The molecule has 204 valence electrons. The summed E-state index contributed by atoms with van der Waals surface area (Å²) in [5, 5.41) is 2.54. The molecular weight excluding hydrogens is 522 g/mol. The summed E-state index contributed by atoms with van der Waals surface area (Å²) in [4.78, 5) is 14.8. The van der Waals surface area contributed by atoms with Crippen molar-refractivity contribution in [2.45, 2.75) is 19.3 Å². The average molecular weight is 552 g/mol. The second kappa shape index (κ2) is 9.85. The molecule has 6 aromatic carbocycles. The van der Waals surface area contributed by atoms with Gasteiger partial charge in [0.25, 0.3) is 0 Å². The van der Waals surface area contributed by atoms with Crippen LogP contribution in [0.2, 0.25) is 0 Å². The molecule has 0 saturated carbocycles. The summed E-state index contributed by atoms with van der Waals surface area (Å²) >= 11 is 0. The Labute approximate surface area is 251 Å². The lowest BCUT2D eigenvalue weighted by atomic mass is 9.82. The van der Waals surface area contributed by atoms with E-state index in [0.29, 0.717) is 17.5 Å². The summed E-state index contributed by atoms with van der Waals surface area (Å²) in [6, 6.07) is 48.9. The highest BCUT2D eigenvalue weighted by atomic mass is 15.0. The Morgan fingerprint density at radius 2 is 0.930 bits per heavy atom. The minimum absolute atomic E-state index is 0.0261. The van der Waals surface area contributed by atoms with Crippen molar-refractivity contribution in [2.75, 3.05) is 0 Å². The van der Waals surface area contributed by atoms with Gasteiger partial charge >= 0.3 is 0 Å². The molecule has 43 heavy (non-hydrogen) atoms. The summed E-state index contributed by atoms with van der Waals surface area (Å²) < 4.78 is 0. The molecule has 1 heterocycles. The van der Waals surface area contributed by atoms with E-state index in [1.807, 2.05) is 60.7 Å². The van der Waals surface area contributed by atoms with E-state index in [1.165, 1.54) is 38.6 Å². The molecule has 0 N–H and O–H groups in total. The van der Waals surface area contributed by atoms with Crippen LogP contribution in [0.1, 0.15) is 25.0 Å². The van der Waals surface area contributed by atoms with Crippen molar-refractivity contribution in [3.63, 3.8) is 0 Å². The maximum Gasteiger partial charge on any atom is 0.164 e. The Morgan fingerprint density at radius 3 is 1.63 bits per heavy atom. The summed E-state index contributed by atoms with van der Waals surface area (Å²) in [6.07, 6.45) is 0. The predicted octanol–water partition coefficient (Wildman–Crippen LogP) is 10.00. The smallest absolute Gasteiger partial charge is 0.164 e. The van der Waals surface area contributed by atoms with Crippen LogP contribution in [0.3, 0.4) is 0 Å². The van der Waals surface area contributed by atoms with E-state index in [9.17, 15) is 0 Å². The summed E-state index contributed by atoms with van der Waals surface area (Å²) in [7, 11) is 0. The highest BCUT2D eigenvalue weighted by Crippen LogP contribution is 2.51. The van der Waals surface area contributed by atoms with Crippen molar-refractivity contribution in [2.24, 2.45) is 0 Å². The molecule has 1 aliphatic rings. The van der Waals surface area contributed by atoms with E-state index in [4.69, 9.17) is 15.0 Å². The monoisotopic (exact) mass is 551 g/mol. The Bertz CT molecular complexity index is 2090. The molecule has 0 fully saturated rings. The largest absolute Gasteiger partial charge is 0.208 e. The zero-order chi connectivity index (χ0) is 29.0. The van der Waals surface area contributed by atoms with E-state index in [1.54, 1.807) is 0 Å². The van der Waals surface area contributed by atoms with Gasteiger partial charge in [0, 0.05) is 22.1 Å². The third-order valence-corrected chi connectivity index (χ3v) is 8.74. The first-order chi connectivity index (χ1) is 21.1. The van der Waals surface area contributed by atoms with Crippen LogP contribution in [-0.2, 0) is 5.41 Å². The minimum Gasteiger partial charge on any atom is -0.208 e. The number of benzene rings is 6. The van der Waals surface area contributed by atoms with Gasteiger partial charge in [0.2, 0.25) is 0 Å². The molecule has 0 unspecified atom stereocenters. The molecule has 0 saturated heterocycles. The quantitative estimate of drug-likeness (QED) is 0.218. The lowest BCUT2D eigenvalue weighted by molar-refractivity contribution is 0.661. The Kier molecular flexibility index (Phi) is 5.80. The maximum atomic E-state index is 4.96. The SMILES string of the molecule is CC1(C)c2ccccc2-c2c1ccc1c(-c3cccc(-c4nc(-c5ccccc5)nc(-c5ccccc5)n4)c3)cccc21. The number of nitrogens with zero attached hydrogens (tertiary/aromatic N) is 3. The van der Waals surface area contributed by atoms with Crippen molar-refractivity contribution in [3.05, 3.63) is 151 Å². The van der Waals surface area contributed by atoms with Gasteiger partial charge in [-0.2, -0.15) is 0 Å². The van der Waals surface area contributed by atoms with Gasteiger partial charge in [-0.1, -0.05) is 147 Å². The van der Waals surface area contributed by atoms with E-state index in [0.717, 1.165) is 22.3 Å². The molecule has 0 spiro atoms. The normalized spacial score (nSPS) is 13.1. The van der Waals surface area contributed by atoms with Crippen molar-refractivity contribution in [1.82, 2.24) is 15.0 Å². The second-order valence-corrected chi connectivity index (χ2v) is 11.7. The van der Waals surface area contributed by atoms with Gasteiger partial charge in [-0.15, -0.1) is 0 Å². The van der Waals surface area contributed by atoms with Crippen LogP contribution in [0.25, 0.3) is 67.2 Å². The molecule has 1 aromatic heterocycles. The van der Waals surface area contributed by atoms with Crippen molar-refractivity contribution in [1.29, 1.82) is 0 Å². The van der Waals surface area contributed by atoms with E-state index < -0.39 is 0 Å².